The zero-order valence-corrected chi connectivity index (χ0v) is 18.3. The van der Waals surface area contributed by atoms with Gasteiger partial charge in [0.25, 0.3) is 5.91 Å². The van der Waals surface area contributed by atoms with Crippen molar-refractivity contribution >= 4 is 16.9 Å². The fourth-order valence-electron chi connectivity index (χ4n) is 4.33. The van der Waals surface area contributed by atoms with Crippen LogP contribution in [0.4, 0.5) is 0 Å². The van der Waals surface area contributed by atoms with Crippen LogP contribution in [0.2, 0.25) is 0 Å². The molecular formula is C25H26N2O5. The van der Waals surface area contributed by atoms with E-state index in [0.717, 1.165) is 29.6 Å². The first-order valence-corrected chi connectivity index (χ1v) is 10.9. The maximum atomic E-state index is 13.0. The van der Waals surface area contributed by atoms with Crippen molar-refractivity contribution < 1.29 is 18.7 Å². The Hall–Kier alpha value is -3.32. The van der Waals surface area contributed by atoms with Gasteiger partial charge in [0.2, 0.25) is 6.10 Å². The predicted molar refractivity (Wildman–Crippen MR) is 120 cm³/mol. The minimum Gasteiger partial charge on any atom is -0.485 e. The van der Waals surface area contributed by atoms with Crippen LogP contribution in [0.3, 0.4) is 0 Å². The van der Waals surface area contributed by atoms with E-state index in [0.29, 0.717) is 36.7 Å². The molecule has 3 aromatic rings. The Morgan fingerprint density at radius 2 is 1.72 bits per heavy atom. The molecule has 0 unspecified atom stereocenters. The average Bonchev–Trinajstić information content (AvgIpc) is 2.80. The fraction of sp³-hybridized carbons (Fsp3) is 0.360. The van der Waals surface area contributed by atoms with Gasteiger partial charge in [0.15, 0.2) is 11.5 Å². The van der Waals surface area contributed by atoms with Crippen molar-refractivity contribution in [2.24, 2.45) is 0 Å². The predicted octanol–water partition coefficient (Wildman–Crippen LogP) is 2.89. The highest BCUT2D eigenvalue weighted by Crippen LogP contribution is 2.31. The normalized spacial score (nSPS) is 18.7. The molecule has 1 amide bonds. The second-order valence-electron chi connectivity index (χ2n) is 8.49. The third kappa shape index (κ3) is 3.96. The number of hydrogen-bond donors (Lipinski definition) is 0. The number of piperazine rings is 1. The molecule has 0 bridgehead atoms. The molecule has 0 saturated carbocycles. The summed E-state index contributed by atoms with van der Waals surface area (Å²) in [6.45, 7) is 7.60. The van der Waals surface area contributed by atoms with E-state index in [1.807, 2.05) is 42.2 Å². The molecule has 1 aromatic heterocycles. The summed E-state index contributed by atoms with van der Waals surface area (Å²) in [5, 5.41) is 0.970. The molecule has 32 heavy (non-hydrogen) atoms. The largest absolute Gasteiger partial charge is 0.485 e. The highest BCUT2D eigenvalue weighted by Gasteiger charge is 2.32. The van der Waals surface area contributed by atoms with Crippen LogP contribution in [0, 0.1) is 13.8 Å². The molecule has 2 aliphatic heterocycles. The zero-order chi connectivity index (χ0) is 22.2. The molecule has 0 aliphatic carbocycles. The second kappa shape index (κ2) is 8.31. The molecular weight excluding hydrogens is 408 g/mol. The number of aryl methyl sites for hydroxylation is 2. The van der Waals surface area contributed by atoms with Gasteiger partial charge in [-0.25, -0.2) is 4.79 Å². The van der Waals surface area contributed by atoms with E-state index in [4.69, 9.17) is 13.9 Å². The maximum Gasteiger partial charge on any atom is 0.336 e. The quantitative estimate of drug-likeness (QED) is 0.591. The topological polar surface area (TPSA) is 72.2 Å². The van der Waals surface area contributed by atoms with Crippen molar-refractivity contribution in [3.05, 3.63) is 69.6 Å². The number of fused-ring (bicyclic) bond motifs is 2. The molecule has 0 radical (unpaired) electrons. The average molecular weight is 434 g/mol. The first kappa shape index (κ1) is 20.6. The Kier molecular flexibility index (Phi) is 5.35. The van der Waals surface area contributed by atoms with Crippen molar-refractivity contribution in [1.82, 2.24) is 9.80 Å². The monoisotopic (exact) mass is 434 g/mol. The molecule has 1 saturated heterocycles. The third-order valence-corrected chi connectivity index (χ3v) is 6.31. The summed E-state index contributed by atoms with van der Waals surface area (Å²) in [7, 11) is 0. The Labute approximate surface area is 186 Å². The second-order valence-corrected chi connectivity index (χ2v) is 8.49. The Bertz CT molecular complexity index is 1230. The lowest BCUT2D eigenvalue weighted by molar-refractivity contribution is -0.143. The van der Waals surface area contributed by atoms with Crippen LogP contribution in [-0.2, 0) is 11.3 Å². The summed E-state index contributed by atoms with van der Waals surface area (Å²) in [6, 6.07) is 13.0. The lowest BCUT2D eigenvalue weighted by Gasteiger charge is -2.37. The SMILES string of the molecule is Cc1cc2oc(=O)cc(CN3CCN(C(=O)[C@@H]4COc5ccccc5O4)CC3)c2cc1C. The molecule has 1 atom stereocenters. The molecule has 166 valence electrons. The number of rotatable bonds is 3. The highest BCUT2D eigenvalue weighted by atomic mass is 16.6. The van der Waals surface area contributed by atoms with Gasteiger partial charge in [0.1, 0.15) is 12.2 Å². The van der Waals surface area contributed by atoms with E-state index in [1.54, 1.807) is 6.07 Å². The van der Waals surface area contributed by atoms with E-state index >= 15 is 0 Å². The van der Waals surface area contributed by atoms with E-state index in [2.05, 4.69) is 17.9 Å². The summed E-state index contributed by atoms with van der Waals surface area (Å²) < 4.78 is 17.0. The summed E-state index contributed by atoms with van der Waals surface area (Å²) in [4.78, 5) is 29.1. The molecule has 7 heteroatoms. The van der Waals surface area contributed by atoms with Crippen molar-refractivity contribution in [3.8, 4) is 11.5 Å². The van der Waals surface area contributed by atoms with Gasteiger partial charge in [0.05, 0.1) is 0 Å². The van der Waals surface area contributed by atoms with Crippen LogP contribution in [0.5, 0.6) is 11.5 Å². The standard InChI is InChI=1S/C25H26N2O5/c1-16-11-19-18(13-24(28)32-22(19)12-17(16)2)14-26-7-9-27(10-8-26)25(29)23-15-30-20-5-3-4-6-21(20)31-23/h3-6,11-13,23H,7-10,14-15H2,1-2H3/t23-/m0/s1. The lowest BCUT2D eigenvalue weighted by atomic mass is 10.0. The summed E-state index contributed by atoms with van der Waals surface area (Å²) >= 11 is 0. The molecule has 5 rings (SSSR count). The van der Waals surface area contributed by atoms with Crippen LogP contribution in [0.15, 0.2) is 51.7 Å². The lowest BCUT2D eigenvalue weighted by Crippen LogP contribution is -2.53. The number of ether oxygens (including phenoxy) is 2. The highest BCUT2D eigenvalue weighted by molar-refractivity contribution is 5.82. The Morgan fingerprint density at radius 1 is 1.00 bits per heavy atom. The smallest absolute Gasteiger partial charge is 0.336 e. The van der Waals surface area contributed by atoms with Gasteiger partial charge in [0, 0.05) is 44.2 Å². The molecule has 2 aliphatic rings. The first-order chi connectivity index (χ1) is 15.5. The molecule has 7 nitrogen and oxygen atoms in total. The minimum absolute atomic E-state index is 0.0453. The van der Waals surface area contributed by atoms with Gasteiger partial charge in [-0.3, -0.25) is 9.69 Å². The van der Waals surface area contributed by atoms with Gasteiger partial charge < -0.3 is 18.8 Å². The summed E-state index contributed by atoms with van der Waals surface area (Å²) in [5.74, 6) is 1.23. The van der Waals surface area contributed by atoms with Gasteiger partial charge in [-0.1, -0.05) is 12.1 Å². The maximum absolute atomic E-state index is 13.0. The van der Waals surface area contributed by atoms with Crippen LogP contribution in [-0.4, -0.2) is 54.6 Å². The Balaban J connectivity index is 1.24. The zero-order valence-electron chi connectivity index (χ0n) is 18.3. The fourth-order valence-corrected chi connectivity index (χ4v) is 4.33. The van der Waals surface area contributed by atoms with Gasteiger partial charge in [-0.15, -0.1) is 0 Å². The number of benzene rings is 2. The number of amides is 1. The number of carbonyl (C=O) groups excluding carboxylic acids is 1. The minimum atomic E-state index is -0.620. The Morgan fingerprint density at radius 3 is 2.50 bits per heavy atom. The van der Waals surface area contributed by atoms with Crippen molar-refractivity contribution in [1.29, 1.82) is 0 Å². The van der Waals surface area contributed by atoms with E-state index in [1.165, 1.54) is 5.56 Å². The summed E-state index contributed by atoms with van der Waals surface area (Å²) in [5.41, 5.74) is 3.51. The third-order valence-electron chi connectivity index (χ3n) is 6.31. The number of nitrogens with zero attached hydrogens (tertiary/aromatic N) is 2. The van der Waals surface area contributed by atoms with Crippen LogP contribution in [0.25, 0.3) is 11.0 Å². The van der Waals surface area contributed by atoms with E-state index in [-0.39, 0.29) is 18.1 Å². The van der Waals surface area contributed by atoms with Gasteiger partial charge in [-0.2, -0.15) is 0 Å². The number of para-hydroxylation sites is 2. The van der Waals surface area contributed by atoms with E-state index < -0.39 is 6.10 Å². The van der Waals surface area contributed by atoms with Crippen molar-refractivity contribution in [2.75, 3.05) is 32.8 Å². The molecule has 3 heterocycles. The van der Waals surface area contributed by atoms with Crippen LogP contribution >= 0.6 is 0 Å². The van der Waals surface area contributed by atoms with Crippen LogP contribution in [0.1, 0.15) is 16.7 Å². The van der Waals surface area contributed by atoms with Crippen molar-refractivity contribution in [2.45, 2.75) is 26.5 Å². The number of hydrogen-bond acceptors (Lipinski definition) is 6. The van der Waals surface area contributed by atoms with E-state index in [9.17, 15) is 9.59 Å². The van der Waals surface area contributed by atoms with Gasteiger partial charge in [-0.05, 0) is 54.8 Å². The molecule has 0 spiro atoms. The molecule has 0 N–H and O–H groups in total. The van der Waals surface area contributed by atoms with Crippen LogP contribution < -0.4 is 15.1 Å². The molecule has 2 aromatic carbocycles. The molecule has 1 fully saturated rings. The first-order valence-electron chi connectivity index (χ1n) is 10.9. The van der Waals surface area contributed by atoms with Crippen molar-refractivity contribution in [3.63, 3.8) is 0 Å². The van der Waals surface area contributed by atoms with Gasteiger partial charge >= 0.3 is 5.63 Å². The summed E-state index contributed by atoms with van der Waals surface area (Å²) in [6.07, 6.45) is -0.620. The number of carbonyl (C=O) groups is 1.